The van der Waals surface area contributed by atoms with Gasteiger partial charge in [0.1, 0.15) is 0 Å². The van der Waals surface area contributed by atoms with Gasteiger partial charge in [0.05, 0.1) is 6.42 Å². The van der Waals surface area contributed by atoms with Gasteiger partial charge in [0.15, 0.2) is 5.82 Å². The standard InChI is InChI=1S/C3H6N6O/c4-5-3(10)1-2-6-8-9-7-2/h1,4H2,(H,5,10)(H,6,7,8,9)/p+1. The van der Waals surface area contributed by atoms with Crippen molar-refractivity contribution in [2.24, 2.45) is 0 Å². The van der Waals surface area contributed by atoms with Gasteiger partial charge in [0.25, 0.3) is 5.91 Å². The molecule has 0 unspecified atom stereocenters. The molecule has 1 rings (SSSR count). The molecule has 7 heteroatoms. The van der Waals surface area contributed by atoms with Gasteiger partial charge in [-0.1, -0.05) is 5.21 Å². The number of carbonyl (C=O) groups excluding carboxylic acids is 1. The monoisotopic (exact) mass is 143 g/mol. The number of amides is 1. The van der Waals surface area contributed by atoms with Crippen molar-refractivity contribution in [3.8, 4) is 0 Å². The predicted octanol–water partition coefficient (Wildman–Crippen LogP) is -2.98. The third-order valence-corrected chi connectivity index (χ3v) is 0.905. The summed E-state index contributed by atoms with van der Waals surface area (Å²) in [6.07, 6.45) is 0.111. The summed E-state index contributed by atoms with van der Waals surface area (Å²) >= 11 is 0. The fourth-order valence-electron chi connectivity index (χ4n) is 0.464. The molecule has 0 atom stereocenters. The van der Waals surface area contributed by atoms with Crippen molar-refractivity contribution in [3.05, 3.63) is 5.82 Å². The Balaban J connectivity index is 2.48. The van der Waals surface area contributed by atoms with Gasteiger partial charge < -0.3 is 0 Å². The number of nitrogens with one attached hydrogen (secondary N) is 2. The largest absolute Gasteiger partial charge is 0.272 e. The second-order valence-electron chi connectivity index (χ2n) is 1.60. The Kier molecular flexibility index (Phi) is 1.90. The zero-order chi connectivity index (χ0) is 7.40. The Morgan fingerprint density at radius 2 is 2.60 bits per heavy atom. The van der Waals surface area contributed by atoms with E-state index in [-0.39, 0.29) is 12.3 Å². The van der Waals surface area contributed by atoms with Crippen LogP contribution in [-0.4, -0.2) is 26.5 Å². The van der Waals surface area contributed by atoms with Crippen molar-refractivity contribution >= 4 is 5.91 Å². The van der Waals surface area contributed by atoms with E-state index in [1.807, 2.05) is 0 Å². The molecule has 1 heterocycles. The van der Waals surface area contributed by atoms with Gasteiger partial charge in [-0.25, -0.2) is 5.43 Å². The molecular weight excluding hydrogens is 136 g/mol. The number of aromatic nitrogens is 4. The molecule has 1 aromatic rings. The molecule has 0 aliphatic rings. The van der Waals surface area contributed by atoms with Crippen LogP contribution in [-0.2, 0) is 11.2 Å². The van der Waals surface area contributed by atoms with E-state index in [0.29, 0.717) is 5.82 Å². The highest BCUT2D eigenvalue weighted by Gasteiger charge is 2.05. The Morgan fingerprint density at radius 3 is 3.10 bits per heavy atom. The number of rotatable bonds is 2. The predicted molar refractivity (Wildman–Crippen MR) is 28.9 cm³/mol. The number of tetrazole rings is 1. The summed E-state index contributed by atoms with van der Waals surface area (Å²) in [7, 11) is 0. The van der Waals surface area contributed by atoms with Crippen molar-refractivity contribution < 1.29 is 10.6 Å². The summed E-state index contributed by atoms with van der Waals surface area (Å²) in [5, 5.41) is 12.6. The number of carbonyl (C=O) groups is 1. The molecule has 0 fully saturated rings. The molecule has 0 bridgehead atoms. The van der Waals surface area contributed by atoms with Crippen LogP contribution < -0.4 is 11.3 Å². The van der Waals surface area contributed by atoms with E-state index in [2.05, 4.69) is 31.9 Å². The summed E-state index contributed by atoms with van der Waals surface area (Å²) in [5.74, 6) is 3.31. The average Bonchev–Trinajstić information content (AvgIpc) is 2.40. The van der Waals surface area contributed by atoms with E-state index >= 15 is 0 Å². The first-order valence-corrected chi connectivity index (χ1v) is 2.61. The van der Waals surface area contributed by atoms with Crippen LogP contribution in [0.15, 0.2) is 0 Å². The van der Waals surface area contributed by atoms with Crippen molar-refractivity contribution in [2.45, 2.75) is 6.42 Å². The van der Waals surface area contributed by atoms with Crippen LogP contribution in [0.1, 0.15) is 5.82 Å². The molecule has 0 aliphatic heterocycles. The van der Waals surface area contributed by atoms with Crippen molar-refractivity contribution in [2.75, 3.05) is 0 Å². The smallest absolute Gasteiger partial charge is 0.270 e. The van der Waals surface area contributed by atoms with Gasteiger partial charge in [-0.15, -0.1) is 10.2 Å². The number of aromatic amines is 1. The summed E-state index contributed by atoms with van der Waals surface area (Å²) in [5.41, 5.74) is 2.19. The highest BCUT2D eigenvalue weighted by Crippen LogP contribution is 1.82. The quantitative estimate of drug-likeness (QED) is 0.383. The second-order valence-corrected chi connectivity index (χ2v) is 1.60. The number of hydrogen-bond donors (Lipinski definition) is 3. The van der Waals surface area contributed by atoms with Crippen LogP contribution in [0, 0.1) is 0 Å². The molecule has 10 heavy (non-hydrogen) atoms. The number of H-pyrrole nitrogens is 1. The second kappa shape index (κ2) is 2.87. The van der Waals surface area contributed by atoms with E-state index < -0.39 is 0 Å². The van der Waals surface area contributed by atoms with Gasteiger partial charge in [-0.3, -0.25) is 10.6 Å². The lowest BCUT2D eigenvalue weighted by molar-refractivity contribution is -0.427. The van der Waals surface area contributed by atoms with Crippen LogP contribution in [0.25, 0.3) is 0 Å². The fourth-order valence-corrected chi connectivity index (χ4v) is 0.464. The first-order chi connectivity index (χ1) is 4.83. The molecule has 0 saturated carbocycles. The van der Waals surface area contributed by atoms with Crippen LogP contribution in [0.3, 0.4) is 0 Å². The topological polar surface area (TPSA) is 111 Å². The highest BCUT2D eigenvalue weighted by molar-refractivity contribution is 5.76. The van der Waals surface area contributed by atoms with Gasteiger partial charge in [-0.05, 0) is 0 Å². The van der Waals surface area contributed by atoms with E-state index in [9.17, 15) is 4.79 Å². The minimum Gasteiger partial charge on any atom is -0.270 e. The van der Waals surface area contributed by atoms with Crippen LogP contribution in [0.4, 0.5) is 0 Å². The van der Waals surface area contributed by atoms with Crippen molar-refractivity contribution in [3.63, 3.8) is 0 Å². The molecule has 0 spiro atoms. The zero-order valence-electron chi connectivity index (χ0n) is 5.16. The van der Waals surface area contributed by atoms with Crippen LogP contribution in [0.2, 0.25) is 0 Å². The zero-order valence-corrected chi connectivity index (χ0v) is 5.16. The van der Waals surface area contributed by atoms with Gasteiger partial charge in [0.2, 0.25) is 0 Å². The van der Waals surface area contributed by atoms with Gasteiger partial charge in [0, 0.05) is 0 Å². The SMILES string of the molecule is [NH3+]NC(=O)Cc1nn[nH]n1. The molecule has 0 radical (unpaired) electrons. The minimum atomic E-state index is -0.235. The first-order valence-electron chi connectivity index (χ1n) is 2.61. The summed E-state index contributed by atoms with van der Waals surface area (Å²) < 4.78 is 0. The normalized spacial score (nSPS) is 9.30. The van der Waals surface area contributed by atoms with Crippen LogP contribution in [0.5, 0.6) is 0 Å². The number of quaternary nitrogens is 1. The molecule has 1 amide bonds. The molecule has 54 valence electrons. The van der Waals surface area contributed by atoms with Crippen molar-refractivity contribution in [1.82, 2.24) is 26.0 Å². The van der Waals surface area contributed by atoms with Crippen molar-refractivity contribution in [1.29, 1.82) is 0 Å². The summed E-state index contributed by atoms with van der Waals surface area (Å²) in [4.78, 5) is 10.6. The van der Waals surface area contributed by atoms with E-state index in [1.54, 1.807) is 0 Å². The Hall–Kier alpha value is -1.50. The molecule has 7 nitrogen and oxygen atoms in total. The maximum Gasteiger partial charge on any atom is 0.272 e. The molecule has 0 aromatic carbocycles. The van der Waals surface area contributed by atoms with E-state index in [0.717, 1.165) is 0 Å². The summed E-state index contributed by atoms with van der Waals surface area (Å²) in [6, 6.07) is 0. The third kappa shape index (κ3) is 1.49. The fraction of sp³-hybridized carbons (Fsp3) is 0.333. The Bertz CT molecular complexity index is 205. The maximum atomic E-state index is 10.6. The molecule has 0 aliphatic carbocycles. The minimum absolute atomic E-state index is 0.111. The number of hydrogen-bond acceptors (Lipinski definition) is 4. The lowest BCUT2D eigenvalue weighted by Crippen LogP contribution is -2.67. The van der Waals surface area contributed by atoms with Crippen LogP contribution >= 0.6 is 0 Å². The molecule has 1 aromatic heterocycles. The molecule has 0 saturated heterocycles. The third-order valence-electron chi connectivity index (χ3n) is 0.905. The highest BCUT2D eigenvalue weighted by atomic mass is 16.2. The maximum absolute atomic E-state index is 10.6. The Labute approximate surface area is 56.0 Å². The van der Waals surface area contributed by atoms with E-state index in [4.69, 9.17) is 0 Å². The van der Waals surface area contributed by atoms with E-state index in [1.165, 1.54) is 0 Å². The van der Waals surface area contributed by atoms with Gasteiger partial charge >= 0.3 is 0 Å². The average molecular weight is 143 g/mol. The molecular formula is C3H7N6O+. The van der Waals surface area contributed by atoms with Gasteiger partial charge in [-0.2, -0.15) is 5.21 Å². The molecule has 5 N–H and O–H groups in total. The lowest BCUT2D eigenvalue weighted by atomic mass is 10.4. The summed E-state index contributed by atoms with van der Waals surface area (Å²) in [6.45, 7) is 0. The number of nitrogens with zero attached hydrogens (tertiary/aromatic N) is 3. The lowest BCUT2D eigenvalue weighted by Gasteiger charge is -1.88. The first kappa shape index (κ1) is 6.62. The Morgan fingerprint density at radius 1 is 1.80 bits per heavy atom.